The van der Waals surface area contributed by atoms with E-state index in [4.69, 9.17) is 4.74 Å². The zero-order valence-electron chi connectivity index (χ0n) is 34.4. The molecule has 0 bridgehead atoms. The number of ether oxygens (including phenoxy) is 1. The Morgan fingerprint density at radius 3 is 1.74 bits per heavy atom. The Balaban J connectivity index is 1.19. The molecule has 0 N–H and O–H groups in total. The molecule has 10 aromatic rings. The first-order chi connectivity index (χ1) is 29.9. The number of hydrogen-bond acceptors (Lipinski definition) is 3. The van der Waals surface area contributed by atoms with E-state index in [2.05, 4.69) is 235 Å². The van der Waals surface area contributed by atoms with Gasteiger partial charge in [-0.25, -0.2) is 0 Å². The Morgan fingerprint density at radius 1 is 0.475 bits per heavy atom. The van der Waals surface area contributed by atoms with Crippen molar-refractivity contribution in [1.82, 2.24) is 4.57 Å². The molecule has 9 aromatic carbocycles. The third-order valence-corrected chi connectivity index (χ3v) is 12.7. The summed E-state index contributed by atoms with van der Waals surface area (Å²) < 4.78 is 9.75. The van der Waals surface area contributed by atoms with Crippen LogP contribution in [0.25, 0.3) is 38.3 Å². The topological polar surface area (TPSA) is 20.6 Å². The van der Waals surface area contributed by atoms with Gasteiger partial charge in [-0.1, -0.05) is 136 Å². The van der Waals surface area contributed by atoms with Gasteiger partial charge in [-0.15, -0.1) is 0 Å². The highest BCUT2D eigenvalue weighted by Crippen LogP contribution is 2.48. The third kappa shape index (κ3) is 5.47. The lowest BCUT2D eigenvalue weighted by molar-refractivity contribution is 0.484. The number of anilines is 6. The van der Waals surface area contributed by atoms with Crippen LogP contribution in [0, 0.1) is 0 Å². The molecule has 0 atom stereocenters. The van der Waals surface area contributed by atoms with Crippen molar-refractivity contribution in [2.24, 2.45) is 0 Å². The molecule has 0 saturated carbocycles. The molecule has 0 fully saturated rings. The summed E-state index contributed by atoms with van der Waals surface area (Å²) in [6.07, 6.45) is 0. The quantitative estimate of drug-likeness (QED) is 0.162. The van der Waals surface area contributed by atoms with E-state index in [9.17, 15) is 0 Å². The number of rotatable bonds is 5. The standard InChI is InChI=1S/C56H42BN3O/c1-56(2,3)37-32-51-55-53(33-37)61-52-34-44-48(35-46(52)57(55)45-30-18-19-31-47(45)59(51)40-24-12-6-13-25-40)60(41-26-14-7-15-27-41)50-36-49(42-28-16-17-29-43(42)54(44)50)58(38-20-8-4-9-21-38)39-22-10-5-11-23-39/h4-36H,1-3H3. The smallest absolute Gasteiger partial charge is 0.256 e. The molecule has 61 heavy (non-hydrogen) atoms. The van der Waals surface area contributed by atoms with Gasteiger partial charge in [0.2, 0.25) is 0 Å². The minimum Gasteiger partial charge on any atom is -0.458 e. The summed E-state index contributed by atoms with van der Waals surface area (Å²) in [6, 6.07) is 72.7. The zero-order chi connectivity index (χ0) is 40.8. The molecule has 0 amide bonds. The molecule has 0 radical (unpaired) electrons. The second-order valence-electron chi connectivity index (χ2n) is 17.3. The summed E-state index contributed by atoms with van der Waals surface area (Å²) in [6.45, 7) is 6.83. The van der Waals surface area contributed by atoms with Crippen molar-refractivity contribution in [2.75, 3.05) is 9.80 Å². The number of nitrogens with zero attached hydrogens (tertiary/aromatic N) is 3. The summed E-state index contributed by atoms with van der Waals surface area (Å²) in [5, 5.41) is 4.75. The summed E-state index contributed by atoms with van der Waals surface area (Å²) in [4.78, 5) is 4.83. The maximum atomic E-state index is 7.28. The highest BCUT2D eigenvalue weighted by molar-refractivity contribution is 6.99. The Hall–Kier alpha value is -7.50. The number of hydrogen-bond donors (Lipinski definition) is 0. The van der Waals surface area contributed by atoms with E-state index in [0.717, 1.165) is 56.4 Å². The Labute approximate surface area is 356 Å². The second-order valence-corrected chi connectivity index (χ2v) is 17.3. The molecule has 0 saturated heterocycles. The fourth-order valence-electron chi connectivity index (χ4n) is 9.96. The molecule has 3 heterocycles. The van der Waals surface area contributed by atoms with Crippen LogP contribution in [0.2, 0.25) is 0 Å². The van der Waals surface area contributed by atoms with E-state index in [1.54, 1.807) is 0 Å². The van der Waals surface area contributed by atoms with Gasteiger partial charge in [0.15, 0.2) is 0 Å². The lowest BCUT2D eigenvalue weighted by Gasteiger charge is -2.41. The molecular weight excluding hydrogens is 741 g/mol. The minimum absolute atomic E-state index is 0.0375. The first kappa shape index (κ1) is 35.4. The molecule has 5 heteroatoms. The van der Waals surface area contributed by atoms with Crippen molar-refractivity contribution < 1.29 is 4.74 Å². The lowest BCUT2D eigenvalue weighted by atomic mass is 9.34. The largest absolute Gasteiger partial charge is 0.458 e. The van der Waals surface area contributed by atoms with Crippen LogP contribution in [-0.2, 0) is 5.41 Å². The average molecular weight is 784 g/mol. The second kappa shape index (κ2) is 13.5. The SMILES string of the molecule is CC(C)(C)c1cc2c3c(c1)N(c1ccccc1)c1ccccc1B3c1cc3c(cc1O2)c1c2ccccc2c(N(c2ccccc2)c2ccccc2)cc1n3-c1ccccc1. The lowest BCUT2D eigenvalue weighted by Crippen LogP contribution is -2.59. The van der Waals surface area contributed by atoms with Gasteiger partial charge in [-0.3, -0.25) is 0 Å². The number of para-hydroxylation sites is 5. The first-order valence-corrected chi connectivity index (χ1v) is 21.2. The third-order valence-electron chi connectivity index (χ3n) is 12.7. The molecule has 290 valence electrons. The Morgan fingerprint density at radius 2 is 1.07 bits per heavy atom. The van der Waals surface area contributed by atoms with E-state index in [1.807, 2.05) is 0 Å². The predicted octanol–water partition coefficient (Wildman–Crippen LogP) is 13.1. The molecule has 0 spiro atoms. The van der Waals surface area contributed by atoms with E-state index in [0.29, 0.717) is 0 Å². The maximum absolute atomic E-state index is 7.28. The number of benzene rings is 9. The summed E-state index contributed by atoms with van der Waals surface area (Å²) in [7, 11) is 0. The van der Waals surface area contributed by atoms with Crippen LogP contribution < -0.4 is 30.9 Å². The van der Waals surface area contributed by atoms with Gasteiger partial charge in [0.05, 0.1) is 16.7 Å². The van der Waals surface area contributed by atoms with Crippen molar-refractivity contribution in [3.05, 3.63) is 206 Å². The van der Waals surface area contributed by atoms with Gasteiger partial charge >= 0.3 is 0 Å². The van der Waals surface area contributed by atoms with Gasteiger partial charge < -0.3 is 19.1 Å². The number of fused-ring (bicyclic) bond motifs is 9. The summed E-state index contributed by atoms with van der Waals surface area (Å²) in [5.74, 6) is 1.83. The van der Waals surface area contributed by atoms with Gasteiger partial charge in [0, 0.05) is 50.3 Å². The van der Waals surface area contributed by atoms with E-state index in [1.165, 1.54) is 49.5 Å². The zero-order valence-corrected chi connectivity index (χ0v) is 34.4. The van der Waals surface area contributed by atoms with Crippen molar-refractivity contribution in [1.29, 1.82) is 0 Å². The van der Waals surface area contributed by atoms with Crippen molar-refractivity contribution in [3.63, 3.8) is 0 Å². The van der Waals surface area contributed by atoms with Crippen LogP contribution in [0.15, 0.2) is 200 Å². The average Bonchev–Trinajstić information content (AvgIpc) is 3.62. The van der Waals surface area contributed by atoms with E-state index < -0.39 is 0 Å². The normalized spacial score (nSPS) is 12.9. The van der Waals surface area contributed by atoms with Crippen LogP contribution in [0.5, 0.6) is 11.5 Å². The molecule has 4 nitrogen and oxygen atoms in total. The first-order valence-electron chi connectivity index (χ1n) is 21.2. The van der Waals surface area contributed by atoms with Gasteiger partial charge in [0.25, 0.3) is 6.71 Å². The van der Waals surface area contributed by atoms with Crippen LogP contribution >= 0.6 is 0 Å². The fourth-order valence-corrected chi connectivity index (χ4v) is 9.96. The van der Waals surface area contributed by atoms with Crippen LogP contribution in [0.1, 0.15) is 26.3 Å². The summed E-state index contributed by atoms with van der Waals surface area (Å²) in [5.41, 5.74) is 15.0. The Kier molecular flexibility index (Phi) is 7.86. The van der Waals surface area contributed by atoms with Gasteiger partial charge in [0.1, 0.15) is 11.5 Å². The van der Waals surface area contributed by atoms with Crippen molar-refractivity contribution >= 4 is 89.8 Å². The Bertz CT molecular complexity index is 3280. The highest BCUT2D eigenvalue weighted by Gasteiger charge is 2.43. The van der Waals surface area contributed by atoms with Gasteiger partial charge in [-0.05, 0) is 118 Å². The molecule has 2 aliphatic heterocycles. The number of aromatic nitrogens is 1. The maximum Gasteiger partial charge on any atom is 0.256 e. The molecule has 1 aromatic heterocycles. The fraction of sp³-hybridized carbons (Fsp3) is 0.0714. The molecule has 0 unspecified atom stereocenters. The summed E-state index contributed by atoms with van der Waals surface area (Å²) >= 11 is 0. The molecular formula is C56H42BN3O. The molecule has 2 aliphatic rings. The van der Waals surface area contributed by atoms with Crippen LogP contribution in [0.4, 0.5) is 34.1 Å². The van der Waals surface area contributed by atoms with E-state index in [-0.39, 0.29) is 12.1 Å². The predicted molar refractivity (Wildman–Crippen MR) is 258 cm³/mol. The highest BCUT2D eigenvalue weighted by atomic mass is 16.5. The monoisotopic (exact) mass is 783 g/mol. The van der Waals surface area contributed by atoms with Crippen molar-refractivity contribution in [3.8, 4) is 17.2 Å². The van der Waals surface area contributed by atoms with Gasteiger partial charge in [-0.2, -0.15) is 0 Å². The van der Waals surface area contributed by atoms with E-state index >= 15 is 0 Å². The van der Waals surface area contributed by atoms with Crippen LogP contribution in [0.3, 0.4) is 0 Å². The molecule has 12 rings (SSSR count). The van der Waals surface area contributed by atoms with Crippen molar-refractivity contribution in [2.45, 2.75) is 26.2 Å². The molecule has 0 aliphatic carbocycles. The van der Waals surface area contributed by atoms with Crippen LogP contribution in [-0.4, -0.2) is 11.3 Å². The minimum atomic E-state index is -0.0962.